The Morgan fingerprint density at radius 1 is 1.22 bits per heavy atom. The Hall–Kier alpha value is -2.04. The molecule has 0 atom stereocenters. The summed E-state index contributed by atoms with van der Waals surface area (Å²) < 4.78 is 5.39. The first-order valence-corrected chi connectivity index (χ1v) is 5.91. The van der Waals surface area contributed by atoms with E-state index < -0.39 is 0 Å². The fourth-order valence-electron chi connectivity index (χ4n) is 1.40. The fraction of sp³-hybridized carbons (Fsp3) is 0.385. The third-order valence-electron chi connectivity index (χ3n) is 2.37. The lowest BCUT2D eigenvalue weighted by atomic mass is 10.1. The van der Waals surface area contributed by atoms with E-state index in [1.54, 1.807) is 25.1 Å². The average molecular weight is 250 g/mol. The second-order valence-corrected chi connectivity index (χ2v) is 3.77. The van der Waals surface area contributed by atoms with Crippen molar-refractivity contribution in [2.24, 2.45) is 0 Å². The Bertz CT molecular complexity index is 444. The van der Waals surface area contributed by atoms with Crippen LogP contribution in [0.5, 0.6) is 5.75 Å². The van der Waals surface area contributed by atoms with E-state index in [-0.39, 0.29) is 11.8 Å². The predicted octanol–water partition coefficient (Wildman–Crippen LogP) is 1.56. The number of amides is 2. The van der Waals surface area contributed by atoms with Crippen LogP contribution in [0.3, 0.4) is 0 Å². The maximum Gasteiger partial charge on any atom is 0.269 e. The highest BCUT2D eigenvalue weighted by atomic mass is 16.5. The number of hydrazine groups is 1. The molecule has 0 fully saturated rings. The van der Waals surface area contributed by atoms with Gasteiger partial charge in [0.15, 0.2) is 0 Å². The highest BCUT2D eigenvalue weighted by Gasteiger charge is 2.08. The summed E-state index contributed by atoms with van der Waals surface area (Å²) in [6.45, 7) is 6.06. The Morgan fingerprint density at radius 3 is 2.50 bits per heavy atom. The van der Waals surface area contributed by atoms with Crippen LogP contribution < -0.4 is 15.6 Å². The molecule has 2 amide bonds. The van der Waals surface area contributed by atoms with Gasteiger partial charge in [0, 0.05) is 12.0 Å². The number of benzene rings is 1. The zero-order valence-corrected chi connectivity index (χ0v) is 10.9. The molecule has 0 saturated carbocycles. The van der Waals surface area contributed by atoms with Gasteiger partial charge >= 0.3 is 0 Å². The van der Waals surface area contributed by atoms with E-state index in [9.17, 15) is 9.59 Å². The number of hydrogen-bond acceptors (Lipinski definition) is 3. The minimum atomic E-state index is -0.344. The van der Waals surface area contributed by atoms with Gasteiger partial charge in [-0.2, -0.15) is 0 Å². The van der Waals surface area contributed by atoms with E-state index >= 15 is 0 Å². The molecule has 1 aromatic rings. The fourth-order valence-corrected chi connectivity index (χ4v) is 1.40. The minimum Gasteiger partial charge on any atom is -0.494 e. The van der Waals surface area contributed by atoms with Crippen molar-refractivity contribution in [2.75, 3.05) is 6.61 Å². The molecule has 0 aromatic heterocycles. The number of aryl methyl sites for hydroxylation is 1. The van der Waals surface area contributed by atoms with Gasteiger partial charge in [-0.3, -0.25) is 20.4 Å². The van der Waals surface area contributed by atoms with Crippen molar-refractivity contribution < 1.29 is 14.3 Å². The molecule has 0 aliphatic carbocycles. The standard InChI is InChI=1S/C13H18N2O3/c1-4-12(16)14-15-13(17)10-6-7-11(18-5-2)9(3)8-10/h6-8H,4-5H2,1-3H3,(H,14,16)(H,15,17). The molecule has 18 heavy (non-hydrogen) atoms. The topological polar surface area (TPSA) is 67.4 Å². The maximum atomic E-state index is 11.7. The van der Waals surface area contributed by atoms with Crippen LogP contribution in [0.1, 0.15) is 36.2 Å². The molecule has 0 radical (unpaired) electrons. The van der Waals surface area contributed by atoms with Crippen molar-refractivity contribution in [3.05, 3.63) is 29.3 Å². The van der Waals surface area contributed by atoms with Crippen LogP contribution in [0.15, 0.2) is 18.2 Å². The summed E-state index contributed by atoms with van der Waals surface area (Å²) >= 11 is 0. The first-order chi connectivity index (χ1) is 8.58. The van der Waals surface area contributed by atoms with Crippen LogP contribution in [-0.4, -0.2) is 18.4 Å². The highest BCUT2D eigenvalue weighted by Crippen LogP contribution is 2.18. The van der Waals surface area contributed by atoms with Gasteiger partial charge in [0.2, 0.25) is 5.91 Å². The third kappa shape index (κ3) is 3.76. The molecule has 2 N–H and O–H groups in total. The number of rotatable bonds is 4. The Kier molecular flexibility index (Phi) is 5.17. The van der Waals surface area contributed by atoms with Crippen molar-refractivity contribution in [3.63, 3.8) is 0 Å². The van der Waals surface area contributed by atoms with Crippen molar-refractivity contribution in [1.82, 2.24) is 10.9 Å². The lowest BCUT2D eigenvalue weighted by Crippen LogP contribution is -2.41. The van der Waals surface area contributed by atoms with E-state index in [4.69, 9.17) is 4.74 Å². The van der Waals surface area contributed by atoms with Gasteiger partial charge in [-0.1, -0.05) is 6.92 Å². The molecular weight excluding hydrogens is 232 g/mol. The van der Waals surface area contributed by atoms with Gasteiger partial charge in [0.05, 0.1) is 6.61 Å². The SMILES string of the molecule is CCOc1ccc(C(=O)NNC(=O)CC)cc1C. The molecular formula is C13H18N2O3. The number of nitrogens with one attached hydrogen (secondary N) is 2. The van der Waals surface area contributed by atoms with Gasteiger partial charge in [-0.25, -0.2) is 0 Å². The van der Waals surface area contributed by atoms with Crippen LogP contribution in [0.4, 0.5) is 0 Å². The minimum absolute atomic E-state index is 0.231. The second-order valence-electron chi connectivity index (χ2n) is 3.77. The van der Waals surface area contributed by atoms with Gasteiger partial charge in [0.25, 0.3) is 5.91 Å². The molecule has 0 aliphatic rings. The normalized spacial score (nSPS) is 9.72. The Morgan fingerprint density at radius 2 is 1.94 bits per heavy atom. The second kappa shape index (κ2) is 6.64. The molecule has 0 spiro atoms. The quantitative estimate of drug-likeness (QED) is 0.797. The van der Waals surface area contributed by atoms with E-state index in [1.165, 1.54) is 0 Å². The lowest BCUT2D eigenvalue weighted by Gasteiger charge is -2.10. The molecule has 0 heterocycles. The summed E-state index contributed by atoms with van der Waals surface area (Å²) in [5.74, 6) is 0.181. The van der Waals surface area contributed by atoms with Gasteiger partial charge < -0.3 is 4.74 Å². The largest absolute Gasteiger partial charge is 0.494 e. The van der Waals surface area contributed by atoms with Crippen molar-refractivity contribution in [3.8, 4) is 5.75 Å². The highest BCUT2D eigenvalue weighted by molar-refractivity contribution is 5.95. The summed E-state index contributed by atoms with van der Waals surface area (Å²) in [5.41, 5.74) is 6.03. The van der Waals surface area contributed by atoms with E-state index in [0.717, 1.165) is 11.3 Å². The van der Waals surface area contributed by atoms with Gasteiger partial charge in [-0.05, 0) is 37.6 Å². The number of ether oxygens (including phenoxy) is 1. The summed E-state index contributed by atoms with van der Waals surface area (Å²) in [6.07, 6.45) is 0.322. The number of hydrogen-bond donors (Lipinski definition) is 2. The van der Waals surface area contributed by atoms with Crippen LogP contribution in [0.2, 0.25) is 0 Å². The zero-order valence-electron chi connectivity index (χ0n) is 10.9. The zero-order chi connectivity index (χ0) is 13.5. The van der Waals surface area contributed by atoms with Crippen molar-refractivity contribution >= 4 is 11.8 Å². The molecule has 0 saturated heterocycles. The smallest absolute Gasteiger partial charge is 0.269 e. The molecule has 0 unspecified atom stereocenters. The van der Waals surface area contributed by atoms with Crippen LogP contribution in [0.25, 0.3) is 0 Å². The monoisotopic (exact) mass is 250 g/mol. The van der Waals surface area contributed by atoms with Crippen LogP contribution in [-0.2, 0) is 4.79 Å². The molecule has 0 bridgehead atoms. The van der Waals surface area contributed by atoms with Crippen LogP contribution >= 0.6 is 0 Å². The van der Waals surface area contributed by atoms with Gasteiger partial charge in [-0.15, -0.1) is 0 Å². The molecule has 98 valence electrons. The van der Waals surface area contributed by atoms with Gasteiger partial charge in [0.1, 0.15) is 5.75 Å². The molecule has 5 heteroatoms. The summed E-state index contributed by atoms with van der Waals surface area (Å²) in [4.78, 5) is 22.7. The van der Waals surface area contributed by atoms with Crippen molar-refractivity contribution in [2.45, 2.75) is 27.2 Å². The lowest BCUT2D eigenvalue weighted by molar-refractivity contribution is -0.121. The van der Waals surface area contributed by atoms with Crippen molar-refractivity contribution in [1.29, 1.82) is 0 Å². The van der Waals surface area contributed by atoms with E-state index in [2.05, 4.69) is 10.9 Å². The Balaban J connectivity index is 2.69. The van der Waals surface area contributed by atoms with E-state index in [0.29, 0.717) is 18.6 Å². The molecule has 1 rings (SSSR count). The summed E-state index contributed by atoms with van der Waals surface area (Å²) in [7, 11) is 0. The Labute approximate surface area is 106 Å². The summed E-state index contributed by atoms with van der Waals surface area (Å²) in [6, 6.07) is 5.12. The predicted molar refractivity (Wildman–Crippen MR) is 68.2 cm³/mol. The molecule has 5 nitrogen and oxygen atoms in total. The number of carbonyl (C=O) groups excluding carboxylic acids is 2. The maximum absolute atomic E-state index is 11.7. The molecule has 1 aromatic carbocycles. The third-order valence-corrected chi connectivity index (χ3v) is 2.37. The average Bonchev–Trinajstić information content (AvgIpc) is 2.38. The number of carbonyl (C=O) groups is 2. The summed E-state index contributed by atoms with van der Waals surface area (Å²) in [5, 5.41) is 0. The van der Waals surface area contributed by atoms with E-state index in [1.807, 2.05) is 13.8 Å². The van der Waals surface area contributed by atoms with Crippen LogP contribution in [0, 0.1) is 6.92 Å². The first kappa shape index (κ1) is 14.0. The molecule has 0 aliphatic heterocycles. The first-order valence-electron chi connectivity index (χ1n) is 5.91.